The van der Waals surface area contributed by atoms with Crippen molar-refractivity contribution in [2.45, 2.75) is 12.5 Å². The first-order valence-electron chi connectivity index (χ1n) is 4.21. The Labute approximate surface area is 110 Å². The zero-order chi connectivity index (χ0) is 13.0. The van der Waals surface area contributed by atoms with Crippen molar-refractivity contribution in [3.05, 3.63) is 25.2 Å². The zero-order valence-corrected chi connectivity index (χ0v) is 10.5. The Bertz CT molecular complexity index is 462. The number of rotatable bonds is 4. The molecule has 0 aliphatic heterocycles. The molecule has 9 heteroatoms. The van der Waals surface area contributed by atoms with Crippen LogP contribution in [0.3, 0.4) is 0 Å². The summed E-state index contributed by atoms with van der Waals surface area (Å²) in [6, 6.07) is 1.43. The summed E-state index contributed by atoms with van der Waals surface area (Å²) in [4.78, 5) is 31.6. The van der Waals surface area contributed by atoms with Crippen LogP contribution in [0.25, 0.3) is 0 Å². The van der Waals surface area contributed by atoms with Crippen LogP contribution in [-0.2, 0) is 9.53 Å². The minimum Gasteiger partial charge on any atom is -0.441 e. The molecule has 0 fully saturated rings. The van der Waals surface area contributed by atoms with Gasteiger partial charge in [-0.3, -0.25) is 4.79 Å². The molecule has 0 saturated heterocycles. The summed E-state index contributed by atoms with van der Waals surface area (Å²) in [5.41, 5.74) is 5.17. The smallest absolute Gasteiger partial charge is 0.405 e. The molecule has 0 spiro atoms. The Kier molecular flexibility index (Phi) is 4.86. The van der Waals surface area contributed by atoms with Crippen LogP contribution in [0.2, 0.25) is 8.67 Å². The average Bonchev–Trinajstić information content (AvgIpc) is 2.56. The monoisotopic (exact) mass is 296 g/mol. The summed E-state index contributed by atoms with van der Waals surface area (Å²) >= 11 is 12.6. The predicted octanol–water partition coefficient (Wildman–Crippen LogP) is 2.87. The Morgan fingerprint density at radius 2 is 2.18 bits per heavy atom. The number of ether oxygens (including phenoxy) is 1. The molecule has 2 N–H and O–H groups in total. The fraction of sp³-hybridized carbons (Fsp3) is 0.250. The van der Waals surface area contributed by atoms with E-state index >= 15 is 0 Å². The lowest BCUT2D eigenvalue weighted by Crippen LogP contribution is -2.19. The summed E-state index contributed by atoms with van der Waals surface area (Å²) < 4.78 is 5.29. The molecule has 17 heavy (non-hydrogen) atoms. The second-order valence-electron chi connectivity index (χ2n) is 2.89. The first kappa shape index (κ1) is 13.9. The standard InChI is InChI=1S/C8H6Cl2N2O4S/c9-5-1-3(7(10)17-5)4(16-8(11)14)2-6(13)12-15/h1,4H,2H2,(H2,11,14). The van der Waals surface area contributed by atoms with E-state index in [2.05, 4.69) is 9.91 Å². The molecular weight excluding hydrogens is 291 g/mol. The van der Waals surface area contributed by atoms with Crippen LogP contribution in [0, 0.1) is 4.91 Å². The lowest BCUT2D eigenvalue weighted by atomic mass is 10.1. The van der Waals surface area contributed by atoms with Crippen LogP contribution >= 0.6 is 34.5 Å². The number of nitrogens with zero attached hydrogens (tertiary/aromatic N) is 1. The molecule has 1 atom stereocenters. The Balaban J connectivity index is 2.96. The summed E-state index contributed by atoms with van der Waals surface area (Å²) in [6.45, 7) is 0. The maximum absolute atomic E-state index is 10.9. The number of nitroso groups, excluding NO2 is 1. The van der Waals surface area contributed by atoms with Gasteiger partial charge in [0.05, 0.1) is 10.8 Å². The predicted molar refractivity (Wildman–Crippen MR) is 63.2 cm³/mol. The molecule has 0 aromatic carbocycles. The van der Waals surface area contributed by atoms with Crippen LogP contribution in [0.15, 0.2) is 11.2 Å². The van der Waals surface area contributed by atoms with E-state index in [1.807, 2.05) is 0 Å². The summed E-state index contributed by atoms with van der Waals surface area (Å²) in [5.74, 6) is -0.977. The number of nitrogens with two attached hydrogens (primary N) is 1. The third-order valence-electron chi connectivity index (χ3n) is 1.75. The van der Waals surface area contributed by atoms with Gasteiger partial charge in [-0.25, -0.2) is 4.79 Å². The number of carbonyl (C=O) groups is 2. The molecular formula is C8H6Cl2N2O4S. The van der Waals surface area contributed by atoms with Crippen LogP contribution < -0.4 is 5.73 Å². The van der Waals surface area contributed by atoms with E-state index in [0.717, 1.165) is 11.3 Å². The van der Waals surface area contributed by atoms with E-state index in [0.29, 0.717) is 9.90 Å². The molecule has 6 nitrogen and oxygen atoms in total. The SMILES string of the molecule is NC(=O)OC(CC(=O)N=O)c1cc(Cl)sc1Cl. The van der Waals surface area contributed by atoms with E-state index in [1.165, 1.54) is 6.07 Å². The lowest BCUT2D eigenvalue weighted by Gasteiger charge is -2.13. The summed E-state index contributed by atoms with van der Waals surface area (Å²) in [7, 11) is 0. The van der Waals surface area contributed by atoms with Crippen molar-refractivity contribution in [1.29, 1.82) is 0 Å². The van der Waals surface area contributed by atoms with E-state index < -0.39 is 24.5 Å². The van der Waals surface area contributed by atoms with Crippen LogP contribution in [0.1, 0.15) is 18.1 Å². The topological polar surface area (TPSA) is 98.8 Å². The van der Waals surface area contributed by atoms with Gasteiger partial charge in [0.15, 0.2) is 0 Å². The van der Waals surface area contributed by atoms with E-state index in [-0.39, 0.29) is 4.34 Å². The fourth-order valence-corrected chi connectivity index (χ4v) is 2.68. The van der Waals surface area contributed by atoms with Crippen molar-refractivity contribution in [2.24, 2.45) is 10.9 Å². The van der Waals surface area contributed by atoms with E-state index in [4.69, 9.17) is 28.9 Å². The molecule has 92 valence electrons. The van der Waals surface area contributed by atoms with Crippen molar-refractivity contribution < 1.29 is 14.3 Å². The van der Waals surface area contributed by atoms with Gasteiger partial charge in [0.25, 0.3) is 5.91 Å². The van der Waals surface area contributed by atoms with Gasteiger partial charge in [0.2, 0.25) is 0 Å². The number of hydrogen-bond acceptors (Lipinski definition) is 5. The molecule has 0 saturated carbocycles. The van der Waals surface area contributed by atoms with Crippen molar-refractivity contribution in [3.8, 4) is 0 Å². The van der Waals surface area contributed by atoms with Gasteiger partial charge in [-0.05, 0) is 6.07 Å². The second-order valence-corrected chi connectivity index (χ2v) is 5.18. The second kappa shape index (κ2) is 5.95. The van der Waals surface area contributed by atoms with Crippen molar-refractivity contribution in [1.82, 2.24) is 0 Å². The number of carbonyl (C=O) groups excluding carboxylic acids is 2. The molecule has 0 bridgehead atoms. The quantitative estimate of drug-likeness (QED) is 0.864. The third kappa shape index (κ3) is 3.95. The van der Waals surface area contributed by atoms with Crippen molar-refractivity contribution in [2.75, 3.05) is 0 Å². The lowest BCUT2D eigenvalue weighted by molar-refractivity contribution is -0.119. The Morgan fingerprint density at radius 1 is 1.53 bits per heavy atom. The van der Waals surface area contributed by atoms with E-state index in [1.54, 1.807) is 0 Å². The van der Waals surface area contributed by atoms with Gasteiger partial charge in [-0.15, -0.1) is 16.2 Å². The highest BCUT2D eigenvalue weighted by Gasteiger charge is 2.24. The van der Waals surface area contributed by atoms with Crippen LogP contribution in [-0.4, -0.2) is 12.0 Å². The molecule has 2 amide bonds. The highest BCUT2D eigenvalue weighted by Crippen LogP contribution is 2.37. The molecule has 1 unspecified atom stereocenters. The van der Waals surface area contributed by atoms with Gasteiger partial charge >= 0.3 is 6.09 Å². The first-order valence-corrected chi connectivity index (χ1v) is 5.78. The molecule has 1 rings (SSSR count). The molecule has 1 aromatic rings. The highest BCUT2D eigenvalue weighted by molar-refractivity contribution is 7.20. The van der Waals surface area contributed by atoms with Gasteiger partial charge in [0, 0.05) is 10.7 Å². The minimum absolute atomic E-state index is 0.250. The fourth-order valence-electron chi connectivity index (χ4n) is 1.12. The zero-order valence-electron chi connectivity index (χ0n) is 8.18. The van der Waals surface area contributed by atoms with Crippen molar-refractivity contribution >= 4 is 46.5 Å². The number of thiophene rings is 1. The molecule has 0 aliphatic carbocycles. The van der Waals surface area contributed by atoms with Crippen LogP contribution in [0.4, 0.5) is 4.79 Å². The van der Waals surface area contributed by atoms with E-state index in [9.17, 15) is 14.5 Å². The maximum Gasteiger partial charge on any atom is 0.405 e. The minimum atomic E-state index is -1.09. The Morgan fingerprint density at radius 3 is 2.59 bits per heavy atom. The van der Waals surface area contributed by atoms with Crippen LogP contribution in [0.5, 0.6) is 0 Å². The summed E-state index contributed by atoms with van der Waals surface area (Å²) in [5, 5.41) is 2.20. The normalized spacial score (nSPS) is 11.9. The van der Waals surface area contributed by atoms with Crippen molar-refractivity contribution in [3.63, 3.8) is 0 Å². The molecule has 1 heterocycles. The first-order chi connectivity index (χ1) is 7.93. The van der Waals surface area contributed by atoms with Gasteiger partial charge < -0.3 is 10.5 Å². The third-order valence-corrected chi connectivity index (χ3v) is 3.27. The average molecular weight is 297 g/mol. The number of halogens is 2. The molecule has 1 aromatic heterocycles. The largest absolute Gasteiger partial charge is 0.441 e. The van der Waals surface area contributed by atoms with Gasteiger partial charge in [0.1, 0.15) is 10.4 Å². The number of amides is 2. The number of primary amides is 1. The maximum atomic E-state index is 10.9. The number of hydrogen-bond donors (Lipinski definition) is 1. The Hall–Kier alpha value is -1.18. The van der Waals surface area contributed by atoms with Gasteiger partial charge in [-0.1, -0.05) is 23.2 Å². The molecule has 0 aliphatic rings. The molecule has 0 radical (unpaired) electrons. The highest BCUT2D eigenvalue weighted by atomic mass is 35.5. The summed E-state index contributed by atoms with van der Waals surface area (Å²) in [6.07, 6.45) is -2.58. The van der Waals surface area contributed by atoms with Gasteiger partial charge in [-0.2, -0.15) is 0 Å².